The number of rotatable bonds is 8. The average molecular weight is 401 g/mol. The highest BCUT2D eigenvalue weighted by Crippen LogP contribution is 2.26. The second-order valence-electron chi connectivity index (χ2n) is 5.75. The van der Waals surface area contributed by atoms with E-state index in [2.05, 4.69) is 40.6 Å². The summed E-state index contributed by atoms with van der Waals surface area (Å²) >= 11 is 0. The van der Waals surface area contributed by atoms with Gasteiger partial charge >= 0.3 is 0 Å². The topological polar surface area (TPSA) is 50.4 Å². The van der Waals surface area contributed by atoms with Crippen LogP contribution in [-0.2, 0) is 6.42 Å². The Labute approximate surface area is 145 Å². The fraction of sp³-hybridized carbons (Fsp3) is 0.588. The van der Waals surface area contributed by atoms with Crippen LogP contribution in [0.3, 0.4) is 0 Å². The molecule has 3 N–H and O–H groups in total. The van der Waals surface area contributed by atoms with Crippen LogP contribution in [0.1, 0.15) is 44.1 Å². The monoisotopic (exact) mass is 401 g/mol. The van der Waals surface area contributed by atoms with Crippen molar-refractivity contribution >= 4 is 29.9 Å². The molecule has 4 heteroatoms. The van der Waals surface area contributed by atoms with Gasteiger partial charge in [0.2, 0.25) is 0 Å². The Balaban J connectivity index is 0.00000220. The van der Waals surface area contributed by atoms with Gasteiger partial charge < -0.3 is 11.1 Å². The number of nitrogens with one attached hydrogen (secondary N) is 1. The normalized spacial score (nSPS) is 15.1. The summed E-state index contributed by atoms with van der Waals surface area (Å²) in [6.07, 6.45) is 8.84. The first-order valence-corrected chi connectivity index (χ1v) is 7.92. The largest absolute Gasteiger partial charge is 0.370 e. The summed E-state index contributed by atoms with van der Waals surface area (Å²) < 4.78 is 0. The third-order valence-corrected chi connectivity index (χ3v) is 4.04. The number of guanidine groups is 1. The van der Waals surface area contributed by atoms with Crippen LogP contribution in [-0.4, -0.2) is 19.0 Å². The summed E-state index contributed by atoms with van der Waals surface area (Å²) in [7, 11) is 0. The first kappa shape index (κ1) is 18.3. The number of benzene rings is 1. The molecular weight excluding hydrogens is 373 g/mol. The number of nitrogens with two attached hydrogens (primary N) is 1. The smallest absolute Gasteiger partial charge is 0.188 e. The van der Waals surface area contributed by atoms with Crippen LogP contribution < -0.4 is 11.1 Å². The van der Waals surface area contributed by atoms with Crippen LogP contribution in [0.25, 0.3) is 0 Å². The number of nitrogens with zero attached hydrogens (tertiary/aromatic N) is 1. The van der Waals surface area contributed by atoms with E-state index in [0.717, 1.165) is 25.4 Å². The third-order valence-electron chi connectivity index (χ3n) is 4.04. The van der Waals surface area contributed by atoms with Gasteiger partial charge in [0, 0.05) is 13.1 Å². The molecule has 1 aromatic carbocycles. The lowest BCUT2D eigenvalue weighted by Gasteiger charge is -2.23. The van der Waals surface area contributed by atoms with E-state index in [1.54, 1.807) is 0 Å². The van der Waals surface area contributed by atoms with Crippen LogP contribution in [0.5, 0.6) is 0 Å². The zero-order valence-corrected chi connectivity index (χ0v) is 15.1. The van der Waals surface area contributed by atoms with Gasteiger partial charge in [0.25, 0.3) is 0 Å². The fourth-order valence-corrected chi connectivity index (χ4v) is 2.45. The van der Waals surface area contributed by atoms with Crippen LogP contribution in [0.15, 0.2) is 35.3 Å². The zero-order chi connectivity index (χ0) is 14.0. The summed E-state index contributed by atoms with van der Waals surface area (Å²) in [4.78, 5) is 4.39. The predicted octanol–water partition coefficient (Wildman–Crippen LogP) is 3.72. The molecule has 1 fully saturated rings. The second-order valence-corrected chi connectivity index (χ2v) is 5.75. The maximum absolute atomic E-state index is 5.85. The quantitative estimate of drug-likeness (QED) is 0.302. The van der Waals surface area contributed by atoms with E-state index in [0.29, 0.717) is 5.96 Å². The zero-order valence-electron chi connectivity index (χ0n) is 12.8. The molecule has 0 bridgehead atoms. The lowest BCUT2D eigenvalue weighted by molar-refractivity contribution is 0.326. The lowest BCUT2D eigenvalue weighted by atomic mass is 9.86. The maximum Gasteiger partial charge on any atom is 0.188 e. The first-order valence-electron chi connectivity index (χ1n) is 7.92. The molecule has 0 unspecified atom stereocenters. The molecule has 0 aromatic heterocycles. The van der Waals surface area contributed by atoms with Gasteiger partial charge in [0.15, 0.2) is 5.96 Å². The molecule has 0 atom stereocenters. The van der Waals surface area contributed by atoms with E-state index < -0.39 is 0 Å². The minimum Gasteiger partial charge on any atom is -0.370 e. The second kappa shape index (κ2) is 10.9. The molecule has 0 radical (unpaired) electrons. The Morgan fingerprint density at radius 1 is 1.14 bits per heavy atom. The number of aliphatic imine (C=N–C) groups is 1. The molecule has 0 aliphatic heterocycles. The molecule has 0 spiro atoms. The molecule has 1 aromatic rings. The number of aryl methyl sites for hydroxylation is 1. The van der Waals surface area contributed by atoms with E-state index in [4.69, 9.17) is 5.73 Å². The van der Waals surface area contributed by atoms with E-state index in [1.807, 2.05) is 0 Å². The SMILES string of the molecule is I.NC(=NCC1CCC1)NCCCCCc1ccccc1. The Bertz CT molecular complexity index is 402. The van der Waals surface area contributed by atoms with Crippen LogP contribution in [0.2, 0.25) is 0 Å². The van der Waals surface area contributed by atoms with Crippen LogP contribution in [0, 0.1) is 5.92 Å². The third kappa shape index (κ3) is 7.69. The van der Waals surface area contributed by atoms with Crippen molar-refractivity contribution < 1.29 is 0 Å². The maximum atomic E-state index is 5.85. The highest BCUT2D eigenvalue weighted by atomic mass is 127. The standard InChI is InChI=1S/C17H27N3.HI/c18-17(20-14-16-11-7-12-16)19-13-6-2-5-10-15-8-3-1-4-9-15;/h1,3-4,8-9,16H,2,5-7,10-14H2,(H3,18,19,20);1H. The Morgan fingerprint density at radius 3 is 2.57 bits per heavy atom. The molecule has 21 heavy (non-hydrogen) atoms. The highest BCUT2D eigenvalue weighted by molar-refractivity contribution is 14.0. The molecular formula is C17H28IN3. The number of unbranched alkanes of at least 4 members (excludes halogenated alkanes) is 2. The van der Waals surface area contributed by atoms with Crippen LogP contribution in [0.4, 0.5) is 0 Å². The molecule has 1 aliphatic rings. The van der Waals surface area contributed by atoms with Crippen molar-refractivity contribution in [3.8, 4) is 0 Å². The van der Waals surface area contributed by atoms with Crippen molar-refractivity contribution in [2.45, 2.75) is 44.9 Å². The van der Waals surface area contributed by atoms with Gasteiger partial charge in [-0.3, -0.25) is 4.99 Å². The van der Waals surface area contributed by atoms with Gasteiger partial charge in [-0.25, -0.2) is 0 Å². The van der Waals surface area contributed by atoms with Crippen molar-refractivity contribution in [2.75, 3.05) is 13.1 Å². The number of halogens is 1. The predicted molar refractivity (Wildman–Crippen MR) is 101 cm³/mol. The summed E-state index contributed by atoms with van der Waals surface area (Å²) in [6, 6.07) is 10.7. The van der Waals surface area contributed by atoms with E-state index in [-0.39, 0.29) is 24.0 Å². The van der Waals surface area contributed by atoms with Gasteiger partial charge in [-0.2, -0.15) is 0 Å². The molecule has 1 aliphatic carbocycles. The van der Waals surface area contributed by atoms with Crippen LogP contribution >= 0.6 is 24.0 Å². The number of hydrogen-bond donors (Lipinski definition) is 2. The first-order chi connectivity index (χ1) is 9.84. The highest BCUT2D eigenvalue weighted by Gasteiger charge is 2.16. The average Bonchev–Trinajstić information content (AvgIpc) is 2.42. The summed E-state index contributed by atoms with van der Waals surface area (Å²) in [6.45, 7) is 1.85. The molecule has 1 saturated carbocycles. The molecule has 0 heterocycles. The summed E-state index contributed by atoms with van der Waals surface area (Å²) in [5.41, 5.74) is 7.28. The Morgan fingerprint density at radius 2 is 1.90 bits per heavy atom. The summed E-state index contributed by atoms with van der Waals surface area (Å²) in [5, 5.41) is 3.21. The molecule has 2 rings (SSSR count). The van der Waals surface area contributed by atoms with Crippen molar-refractivity contribution in [3.05, 3.63) is 35.9 Å². The number of hydrogen-bond acceptors (Lipinski definition) is 1. The van der Waals surface area contributed by atoms with Gasteiger partial charge in [0.05, 0.1) is 0 Å². The van der Waals surface area contributed by atoms with Crippen molar-refractivity contribution in [2.24, 2.45) is 16.6 Å². The lowest BCUT2D eigenvalue weighted by Crippen LogP contribution is -2.33. The van der Waals surface area contributed by atoms with Gasteiger partial charge in [-0.15, -0.1) is 24.0 Å². The molecule has 0 amide bonds. The minimum absolute atomic E-state index is 0. The van der Waals surface area contributed by atoms with E-state index in [1.165, 1.54) is 44.1 Å². The van der Waals surface area contributed by atoms with E-state index in [9.17, 15) is 0 Å². The van der Waals surface area contributed by atoms with E-state index >= 15 is 0 Å². The Hall–Kier alpha value is -0.780. The van der Waals surface area contributed by atoms with Gasteiger partial charge in [0.1, 0.15) is 0 Å². The Kier molecular flexibility index (Phi) is 9.46. The van der Waals surface area contributed by atoms with Crippen molar-refractivity contribution in [1.29, 1.82) is 0 Å². The molecule has 3 nitrogen and oxygen atoms in total. The van der Waals surface area contributed by atoms with Gasteiger partial charge in [-0.1, -0.05) is 43.2 Å². The summed E-state index contributed by atoms with van der Waals surface area (Å²) in [5.74, 6) is 1.42. The molecule has 0 saturated heterocycles. The molecule has 118 valence electrons. The minimum atomic E-state index is 0. The van der Waals surface area contributed by atoms with Gasteiger partial charge in [-0.05, 0) is 43.6 Å². The van der Waals surface area contributed by atoms with Crippen molar-refractivity contribution in [1.82, 2.24) is 5.32 Å². The fourth-order valence-electron chi connectivity index (χ4n) is 2.45. The van der Waals surface area contributed by atoms with Crippen molar-refractivity contribution in [3.63, 3.8) is 0 Å².